The van der Waals surface area contributed by atoms with Crippen molar-refractivity contribution in [3.05, 3.63) is 95.6 Å². The summed E-state index contributed by atoms with van der Waals surface area (Å²) in [5.74, 6) is 0. The second kappa shape index (κ2) is 6.27. The van der Waals surface area contributed by atoms with Gasteiger partial charge in [0.2, 0.25) is 0 Å². The van der Waals surface area contributed by atoms with Crippen LogP contribution in [-0.4, -0.2) is 4.90 Å². The van der Waals surface area contributed by atoms with Crippen LogP contribution in [0.2, 0.25) is 0 Å². The molecule has 114 valence electrons. The maximum Gasteiger partial charge on any atom is 0.0430 e. The van der Waals surface area contributed by atoms with E-state index in [2.05, 4.69) is 89.1 Å². The third-order valence-electron chi connectivity index (χ3n) is 4.34. The Morgan fingerprint density at radius 2 is 1.17 bits per heavy atom. The Morgan fingerprint density at radius 3 is 1.78 bits per heavy atom. The van der Waals surface area contributed by atoms with Gasteiger partial charge in [-0.1, -0.05) is 66.7 Å². The third kappa shape index (κ3) is 3.13. The molecule has 1 N–H and O–H groups in total. The predicted octanol–water partition coefficient (Wildman–Crippen LogP) is 4.95. The molecule has 1 heterocycles. The molecule has 23 heavy (non-hydrogen) atoms. The first kappa shape index (κ1) is 14.0. The Morgan fingerprint density at radius 1 is 0.652 bits per heavy atom. The van der Waals surface area contributed by atoms with Crippen LogP contribution in [0.15, 0.2) is 78.9 Å². The van der Waals surface area contributed by atoms with Crippen LogP contribution in [0, 0.1) is 0 Å². The van der Waals surface area contributed by atoms with Gasteiger partial charge in [0.15, 0.2) is 0 Å². The minimum absolute atomic E-state index is 0.951. The summed E-state index contributed by atoms with van der Waals surface area (Å²) in [6.07, 6.45) is 0. The molecule has 0 bridgehead atoms. The fourth-order valence-electron chi connectivity index (χ4n) is 3.20. The molecule has 0 unspecified atom stereocenters. The van der Waals surface area contributed by atoms with E-state index in [4.69, 9.17) is 0 Å². The zero-order chi connectivity index (χ0) is 15.5. The molecule has 1 aliphatic heterocycles. The van der Waals surface area contributed by atoms with E-state index in [0.717, 1.165) is 19.6 Å². The second-order valence-electron chi connectivity index (χ2n) is 6.07. The molecule has 4 rings (SSSR count). The standard InChI is InChI=1S/C21H20N2/c1-2-8-17(9-3-1)14-23-15-18-10-4-6-12-20(18)22-21-13-7-5-11-19(21)16-23/h1-13,22H,14-16H2. The molecular weight excluding hydrogens is 280 g/mol. The Balaban J connectivity index is 1.71. The fourth-order valence-corrected chi connectivity index (χ4v) is 3.20. The first-order chi connectivity index (χ1) is 11.4. The largest absolute Gasteiger partial charge is 0.355 e. The summed E-state index contributed by atoms with van der Waals surface area (Å²) in [6, 6.07) is 27.9. The van der Waals surface area contributed by atoms with Gasteiger partial charge in [0, 0.05) is 31.0 Å². The summed E-state index contributed by atoms with van der Waals surface area (Å²) in [7, 11) is 0. The first-order valence-corrected chi connectivity index (χ1v) is 8.07. The van der Waals surface area contributed by atoms with Crippen molar-refractivity contribution in [1.82, 2.24) is 4.90 Å². The normalized spacial score (nSPS) is 14.1. The number of fused-ring (bicyclic) bond motifs is 2. The summed E-state index contributed by atoms with van der Waals surface area (Å²) in [4.78, 5) is 2.51. The Hall–Kier alpha value is -2.58. The summed E-state index contributed by atoms with van der Waals surface area (Å²) in [5, 5.41) is 3.60. The zero-order valence-corrected chi connectivity index (χ0v) is 13.1. The lowest BCUT2D eigenvalue weighted by atomic mass is 10.1. The van der Waals surface area contributed by atoms with Crippen LogP contribution in [0.1, 0.15) is 16.7 Å². The van der Waals surface area contributed by atoms with Crippen LogP contribution in [0.25, 0.3) is 0 Å². The molecule has 3 aromatic carbocycles. The number of para-hydroxylation sites is 2. The molecular formula is C21H20N2. The molecule has 0 aliphatic carbocycles. The van der Waals surface area contributed by atoms with Gasteiger partial charge in [-0.15, -0.1) is 0 Å². The Bertz CT molecular complexity index is 748. The SMILES string of the molecule is c1ccc(CN2Cc3ccccc3Nc3ccccc3C2)cc1. The maximum atomic E-state index is 3.60. The van der Waals surface area contributed by atoms with E-state index in [-0.39, 0.29) is 0 Å². The highest BCUT2D eigenvalue weighted by Crippen LogP contribution is 2.29. The van der Waals surface area contributed by atoms with Gasteiger partial charge < -0.3 is 5.32 Å². The minimum atomic E-state index is 0.951. The molecule has 0 saturated heterocycles. The lowest BCUT2D eigenvalue weighted by Crippen LogP contribution is -2.25. The van der Waals surface area contributed by atoms with Crippen molar-refractivity contribution in [3.8, 4) is 0 Å². The monoisotopic (exact) mass is 300 g/mol. The van der Waals surface area contributed by atoms with E-state index >= 15 is 0 Å². The van der Waals surface area contributed by atoms with Crippen molar-refractivity contribution in [1.29, 1.82) is 0 Å². The lowest BCUT2D eigenvalue weighted by Gasteiger charge is -2.28. The lowest BCUT2D eigenvalue weighted by molar-refractivity contribution is 0.247. The fraction of sp³-hybridized carbons (Fsp3) is 0.143. The summed E-state index contributed by atoms with van der Waals surface area (Å²) in [5.41, 5.74) is 6.46. The molecule has 1 aliphatic rings. The van der Waals surface area contributed by atoms with Crippen LogP contribution >= 0.6 is 0 Å². The van der Waals surface area contributed by atoms with Crippen molar-refractivity contribution in [2.24, 2.45) is 0 Å². The molecule has 0 saturated carbocycles. The van der Waals surface area contributed by atoms with E-state index in [0.29, 0.717) is 0 Å². The zero-order valence-electron chi connectivity index (χ0n) is 13.1. The van der Waals surface area contributed by atoms with Crippen molar-refractivity contribution in [2.45, 2.75) is 19.6 Å². The van der Waals surface area contributed by atoms with Crippen molar-refractivity contribution >= 4 is 11.4 Å². The molecule has 2 heteroatoms. The van der Waals surface area contributed by atoms with Crippen LogP contribution < -0.4 is 5.32 Å². The van der Waals surface area contributed by atoms with Gasteiger partial charge in [-0.3, -0.25) is 4.90 Å². The number of rotatable bonds is 2. The van der Waals surface area contributed by atoms with Crippen molar-refractivity contribution in [2.75, 3.05) is 5.32 Å². The highest BCUT2D eigenvalue weighted by atomic mass is 15.1. The molecule has 2 nitrogen and oxygen atoms in total. The third-order valence-corrected chi connectivity index (χ3v) is 4.34. The number of benzene rings is 3. The van der Waals surface area contributed by atoms with Gasteiger partial charge >= 0.3 is 0 Å². The van der Waals surface area contributed by atoms with Gasteiger partial charge in [0.25, 0.3) is 0 Å². The number of nitrogens with one attached hydrogen (secondary N) is 1. The van der Waals surface area contributed by atoms with Crippen LogP contribution in [0.4, 0.5) is 11.4 Å². The number of anilines is 2. The highest BCUT2D eigenvalue weighted by Gasteiger charge is 2.16. The molecule has 0 fully saturated rings. The topological polar surface area (TPSA) is 15.3 Å². The maximum absolute atomic E-state index is 3.60. The van der Waals surface area contributed by atoms with E-state index < -0.39 is 0 Å². The molecule has 3 aromatic rings. The van der Waals surface area contributed by atoms with Gasteiger partial charge in [0.1, 0.15) is 0 Å². The van der Waals surface area contributed by atoms with Crippen LogP contribution in [0.3, 0.4) is 0 Å². The average molecular weight is 300 g/mol. The van der Waals surface area contributed by atoms with Crippen LogP contribution in [-0.2, 0) is 19.6 Å². The minimum Gasteiger partial charge on any atom is -0.355 e. The smallest absolute Gasteiger partial charge is 0.0430 e. The van der Waals surface area contributed by atoms with Gasteiger partial charge in [-0.05, 0) is 28.8 Å². The van der Waals surface area contributed by atoms with Gasteiger partial charge in [-0.2, -0.15) is 0 Å². The second-order valence-corrected chi connectivity index (χ2v) is 6.07. The van der Waals surface area contributed by atoms with Gasteiger partial charge in [-0.25, -0.2) is 0 Å². The molecule has 0 spiro atoms. The highest BCUT2D eigenvalue weighted by molar-refractivity contribution is 5.66. The predicted molar refractivity (Wildman–Crippen MR) is 95.6 cm³/mol. The Labute approximate surface area is 137 Å². The average Bonchev–Trinajstić information content (AvgIpc) is 2.57. The molecule has 0 atom stereocenters. The molecule has 0 aromatic heterocycles. The van der Waals surface area contributed by atoms with Crippen molar-refractivity contribution in [3.63, 3.8) is 0 Å². The quantitative estimate of drug-likeness (QED) is 0.720. The van der Waals surface area contributed by atoms with Gasteiger partial charge in [0.05, 0.1) is 0 Å². The molecule has 0 radical (unpaired) electrons. The van der Waals surface area contributed by atoms with E-state index in [9.17, 15) is 0 Å². The Kier molecular flexibility index (Phi) is 3.83. The number of nitrogens with zero attached hydrogens (tertiary/aromatic N) is 1. The number of hydrogen-bond donors (Lipinski definition) is 1. The van der Waals surface area contributed by atoms with E-state index in [1.54, 1.807) is 0 Å². The summed E-state index contributed by atoms with van der Waals surface area (Å²) in [6.45, 7) is 2.86. The van der Waals surface area contributed by atoms with Crippen LogP contribution in [0.5, 0.6) is 0 Å². The van der Waals surface area contributed by atoms with E-state index in [1.165, 1.54) is 28.1 Å². The first-order valence-electron chi connectivity index (χ1n) is 8.07. The number of hydrogen-bond acceptors (Lipinski definition) is 2. The summed E-state index contributed by atoms with van der Waals surface area (Å²) < 4.78 is 0. The molecule has 0 amide bonds. The van der Waals surface area contributed by atoms with Crippen molar-refractivity contribution < 1.29 is 0 Å². The van der Waals surface area contributed by atoms with E-state index in [1.807, 2.05) is 0 Å². The summed E-state index contributed by atoms with van der Waals surface area (Å²) >= 11 is 0.